The van der Waals surface area contributed by atoms with Crippen molar-refractivity contribution >= 4 is 35.0 Å². The lowest BCUT2D eigenvalue weighted by atomic mass is 10.2. The smallest absolute Gasteiger partial charge is 0.270 e. The van der Waals surface area contributed by atoms with E-state index < -0.39 is 23.6 Å². The summed E-state index contributed by atoms with van der Waals surface area (Å²) in [5, 5.41) is 19.3. The predicted octanol–water partition coefficient (Wildman–Crippen LogP) is -0.548. The highest BCUT2D eigenvalue weighted by Gasteiger charge is 2.16. The number of carbonyl (C=O) groups excluding carboxylic acids is 2. The molecule has 25 heavy (non-hydrogen) atoms. The van der Waals surface area contributed by atoms with Crippen LogP contribution in [-0.2, 0) is 9.59 Å². The number of primary amides is 2. The van der Waals surface area contributed by atoms with Gasteiger partial charge in [-0.05, 0) is 24.6 Å². The first-order valence-corrected chi connectivity index (χ1v) is 7.15. The molecule has 130 valence electrons. The fourth-order valence-corrected chi connectivity index (χ4v) is 1.73. The van der Waals surface area contributed by atoms with E-state index in [0.29, 0.717) is 17.7 Å². The Hall–Kier alpha value is -3.74. The summed E-state index contributed by atoms with van der Waals surface area (Å²) in [6.07, 6.45) is 0.311. The first kappa shape index (κ1) is 19.3. The minimum atomic E-state index is -1.04. The van der Waals surface area contributed by atoms with Crippen molar-refractivity contribution in [2.75, 3.05) is 5.32 Å². The molecular weight excluding hydrogens is 324 g/mol. The van der Waals surface area contributed by atoms with E-state index in [-0.39, 0.29) is 11.8 Å². The number of benzene rings is 1. The summed E-state index contributed by atoms with van der Waals surface area (Å²) < 4.78 is 0. The molecule has 1 rings (SSSR count). The second kappa shape index (κ2) is 8.78. The largest absolute Gasteiger partial charge is 0.368 e. The van der Waals surface area contributed by atoms with Gasteiger partial charge in [0.25, 0.3) is 5.91 Å². The third kappa shape index (κ3) is 5.76. The summed E-state index contributed by atoms with van der Waals surface area (Å²) in [7, 11) is 0. The summed E-state index contributed by atoms with van der Waals surface area (Å²) in [5.41, 5.74) is 16.0. The maximum Gasteiger partial charge on any atom is 0.270 e. The van der Waals surface area contributed by atoms with Gasteiger partial charge < -0.3 is 22.5 Å². The van der Waals surface area contributed by atoms with Crippen molar-refractivity contribution < 1.29 is 9.59 Å². The number of aliphatic imine (C=N–C) groups is 2. The van der Waals surface area contributed by atoms with Gasteiger partial charge in [0.1, 0.15) is 6.04 Å². The van der Waals surface area contributed by atoms with Crippen molar-refractivity contribution in [1.82, 2.24) is 0 Å². The number of amidine groups is 1. The van der Waals surface area contributed by atoms with Gasteiger partial charge in [-0.1, -0.05) is 13.0 Å². The lowest BCUT2D eigenvalue weighted by Crippen LogP contribution is -2.36. The SMILES string of the molecule is CC[C@@H](N=C(N)N=C(Nc1cccc(C#N)c1)C(=N)C(N)=O)C(N)=O. The Kier molecular flexibility index (Phi) is 6.78. The number of hydrogen-bond donors (Lipinski definition) is 5. The molecule has 10 nitrogen and oxygen atoms in total. The van der Waals surface area contributed by atoms with Gasteiger partial charge in [-0.25, -0.2) is 4.99 Å². The topological polar surface area (TPSA) is 197 Å². The highest BCUT2D eigenvalue weighted by atomic mass is 16.1. The molecule has 0 unspecified atom stereocenters. The van der Waals surface area contributed by atoms with E-state index in [1.165, 1.54) is 6.07 Å². The van der Waals surface area contributed by atoms with Gasteiger partial charge in [0.05, 0.1) is 11.6 Å². The minimum Gasteiger partial charge on any atom is -0.368 e. The molecule has 0 fully saturated rings. The summed E-state index contributed by atoms with van der Waals surface area (Å²) in [5.74, 6) is -2.35. The predicted molar refractivity (Wildman–Crippen MR) is 94.0 cm³/mol. The van der Waals surface area contributed by atoms with Crippen LogP contribution in [0, 0.1) is 16.7 Å². The number of nitriles is 1. The average Bonchev–Trinajstić information content (AvgIpc) is 2.58. The summed E-state index contributed by atoms with van der Waals surface area (Å²) in [6, 6.07) is 7.33. The summed E-state index contributed by atoms with van der Waals surface area (Å²) >= 11 is 0. The Morgan fingerprint density at radius 3 is 2.56 bits per heavy atom. The molecule has 0 aromatic heterocycles. The van der Waals surface area contributed by atoms with E-state index in [4.69, 9.17) is 27.9 Å². The Morgan fingerprint density at radius 2 is 2.04 bits per heavy atom. The first-order chi connectivity index (χ1) is 11.8. The minimum absolute atomic E-state index is 0.275. The van der Waals surface area contributed by atoms with Crippen LogP contribution in [0.25, 0.3) is 0 Å². The maximum absolute atomic E-state index is 11.3. The number of amides is 2. The van der Waals surface area contributed by atoms with Crippen LogP contribution in [0.3, 0.4) is 0 Å². The lowest BCUT2D eigenvalue weighted by molar-refractivity contribution is -0.119. The lowest BCUT2D eigenvalue weighted by Gasteiger charge is -2.10. The number of anilines is 1. The van der Waals surface area contributed by atoms with Crippen LogP contribution in [0.2, 0.25) is 0 Å². The molecule has 10 heteroatoms. The number of carbonyl (C=O) groups is 2. The van der Waals surface area contributed by atoms with Crippen molar-refractivity contribution in [2.24, 2.45) is 27.2 Å². The molecule has 1 aromatic carbocycles. The molecule has 0 heterocycles. The van der Waals surface area contributed by atoms with Gasteiger partial charge in [-0.2, -0.15) is 10.3 Å². The zero-order valence-electron chi connectivity index (χ0n) is 13.5. The van der Waals surface area contributed by atoms with Gasteiger partial charge in [0.15, 0.2) is 11.5 Å². The van der Waals surface area contributed by atoms with Gasteiger partial charge >= 0.3 is 0 Å². The van der Waals surface area contributed by atoms with Crippen molar-refractivity contribution in [3.63, 3.8) is 0 Å². The quantitative estimate of drug-likeness (QED) is 0.341. The molecule has 0 radical (unpaired) electrons. The molecule has 0 bridgehead atoms. The Bertz CT molecular complexity index is 791. The summed E-state index contributed by atoms with van der Waals surface area (Å²) in [6.45, 7) is 1.69. The van der Waals surface area contributed by atoms with E-state index in [2.05, 4.69) is 15.3 Å². The van der Waals surface area contributed by atoms with Gasteiger partial charge in [0.2, 0.25) is 11.9 Å². The number of hydrogen-bond acceptors (Lipinski definition) is 5. The average molecular weight is 342 g/mol. The Labute approximate surface area is 143 Å². The molecular formula is C15H18N8O2. The highest BCUT2D eigenvalue weighted by Crippen LogP contribution is 2.10. The number of guanidine groups is 1. The van der Waals surface area contributed by atoms with Gasteiger partial charge in [-0.15, -0.1) is 0 Å². The molecule has 0 aliphatic rings. The summed E-state index contributed by atoms with van der Waals surface area (Å²) in [4.78, 5) is 30.2. The molecule has 0 saturated carbocycles. The van der Waals surface area contributed by atoms with Gasteiger partial charge in [0, 0.05) is 5.69 Å². The van der Waals surface area contributed by atoms with Crippen LogP contribution in [0.4, 0.5) is 5.69 Å². The van der Waals surface area contributed by atoms with E-state index in [9.17, 15) is 9.59 Å². The van der Waals surface area contributed by atoms with Crippen LogP contribution in [0.1, 0.15) is 18.9 Å². The molecule has 0 saturated heterocycles. The van der Waals surface area contributed by atoms with Crippen LogP contribution < -0.4 is 22.5 Å². The van der Waals surface area contributed by atoms with Crippen molar-refractivity contribution in [3.05, 3.63) is 29.8 Å². The van der Waals surface area contributed by atoms with E-state index in [1.54, 1.807) is 25.1 Å². The van der Waals surface area contributed by atoms with Crippen LogP contribution in [0.15, 0.2) is 34.3 Å². The standard InChI is InChI=1S/C15H18N8O2/c1-2-10(12(18)24)22-15(20)23-14(11(17)13(19)25)21-9-5-3-4-8(6-9)7-16/h3-6,10,17H,2H2,1H3,(H2,18,24)(H2,19,25)(H3,20,21,22,23)/t10-/m1/s1. The van der Waals surface area contributed by atoms with Crippen molar-refractivity contribution in [1.29, 1.82) is 10.7 Å². The monoisotopic (exact) mass is 342 g/mol. The zero-order chi connectivity index (χ0) is 19.0. The molecule has 1 atom stereocenters. The Balaban J connectivity index is 3.22. The maximum atomic E-state index is 11.3. The van der Waals surface area contributed by atoms with Gasteiger partial charge in [-0.3, -0.25) is 15.0 Å². The molecule has 1 aromatic rings. The second-order valence-corrected chi connectivity index (χ2v) is 4.83. The number of nitrogens with two attached hydrogens (primary N) is 3. The molecule has 0 aliphatic heterocycles. The van der Waals surface area contributed by atoms with Crippen LogP contribution >= 0.6 is 0 Å². The Morgan fingerprint density at radius 1 is 1.36 bits per heavy atom. The van der Waals surface area contributed by atoms with E-state index >= 15 is 0 Å². The number of nitrogens with zero attached hydrogens (tertiary/aromatic N) is 3. The number of nitrogens with one attached hydrogen (secondary N) is 2. The second-order valence-electron chi connectivity index (χ2n) is 4.83. The zero-order valence-corrected chi connectivity index (χ0v) is 13.5. The third-order valence-corrected chi connectivity index (χ3v) is 2.97. The normalized spacial score (nSPS) is 12.8. The van der Waals surface area contributed by atoms with Crippen LogP contribution in [0.5, 0.6) is 0 Å². The molecule has 2 amide bonds. The van der Waals surface area contributed by atoms with Crippen molar-refractivity contribution in [3.8, 4) is 6.07 Å². The number of rotatable bonds is 6. The molecule has 8 N–H and O–H groups in total. The fraction of sp³-hybridized carbons (Fsp3) is 0.200. The molecule has 0 aliphatic carbocycles. The van der Waals surface area contributed by atoms with E-state index in [0.717, 1.165) is 0 Å². The fourth-order valence-electron chi connectivity index (χ4n) is 1.73. The van der Waals surface area contributed by atoms with Crippen LogP contribution in [-0.4, -0.2) is 35.4 Å². The first-order valence-electron chi connectivity index (χ1n) is 7.15. The highest BCUT2D eigenvalue weighted by molar-refractivity contribution is 6.67. The van der Waals surface area contributed by atoms with E-state index in [1.807, 2.05) is 6.07 Å². The van der Waals surface area contributed by atoms with Crippen molar-refractivity contribution in [2.45, 2.75) is 19.4 Å². The molecule has 0 spiro atoms. The third-order valence-electron chi connectivity index (χ3n) is 2.97.